The maximum atomic E-state index is 12.1. The van der Waals surface area contributed by atoms with Crippen LogP contribution in [0.4, 0.5) is 0 Å². The van der Waals surface area contributed by atoms with Crippen LogP contribution in [0.15, 0.2) is 62.4 Å². The molecule has 25 heavy (non-hydrogen) atoms. The molecule has 4 aromatic rings. The van der Waals surface area contributed by atoms with E-state index in [1.807, 2.05) is 37.3 Å². The molecule has 4 rings (SSSR count). The Morgan fingerprint density at radius 1 is 1.12 bits per heavy atom. The van der Waals surface area contributed by atoms with Crippen LogP contribution in [0.5, 0.6) is 0 Å². The minimum atomic E-state index is -0.589. The quantitative estimate of drug-likeness (QED) is 0.560. The smallest absolute Gasteiger partial charge is 0.437 e. The van der Waals surface area contributed by atoms with Crippen molar-refractivity contribution in [3.63, 3.8) is 0 Å². The highest BCUT2D eigenvalue weighted by Gasteiger charge is 2.19. The highest BCUT2D eigenvalue weighted by molar-refractivity contribution is 6.30. The summed E-state index contributed by atoms with van der Waals surface area (Å²) < 4.78 is 13.2. The minimum Gasteiger partial charge on any atom is -0.459 e. The lowest BCUT2D eigenvalue weighted by Crippen LogP contribution is -2.17. The third kappa shape index (κ3) is 2.78. The molecule has 126 valence electrons. The molecule has 3 aromatic heterocycles. The van der Waals surface area contributed by atoms with Crippen LogP contribution in [-0.2, 0) is 6.54 Å². The zero-order chi connectivity index (χ0) is 17.4. The maximum Gasteiger partial charge on any atom is 0.437 e. The third-order valence-electron chi connectivity index (χ3n) is 3.77. The van der Waals surface area contributed by atoms with E-state index in [4.69, 9.17) is 20.4 Å². The van der Waals surface area contributed by atoms with E-state index in [0.29, 0.717) is 22.2 Å². The number of para-hydroxylation sites is 1. The second-order valence-electron chi connectivity index (χ2n) is 5.41. The number of rotatable bonds is 4. The Hall–Kier alpha value is -3.06. The predicted molar refractivity (Wildman–Crippen MR) is 90.9 cm³/mol. The molecule has 0 saturated carbocycles. The van der Waals surface area contributed by atoms with Gasteiger partial charge < -0.3 is 8.83 Å². The van der Waals surface area contributed by atoms with E-state index in [2.05, 4.69) is 10.2 Å². The van der Waals surface area contributed by atoms with Crippen LogP contribution < -0.4 is 5.76 Å². The van der Waals surface area contributed by atoms with Gasteiger partial charge >= 0.3 is 5.76 Å². The van der Waals surface area contributed by atoms with Crippen molar-refractivity contribution in [3.8, 4) is 17.3 Å². The van der Waals surface area contributed by atoms with Gasteiger partial charge in [0.1, 0.15) is 5.15 Å². The molecule has 0 bridgehead atoms. The van der Waals surface area contributed by atoms with Gasteiger partial charge in [0.25, 0.3) is 5.89 Å². The van der Waals surface area contributed by atoms with Gasteiger partial charge in [-0.2, -0.15) is 9.78 Å². The molecular formula is C17H13ClN4O3. The Morgan fingerprint density at radius 3 is 2.64 bits per heavy atom. The Bertz CT molecular complexity index is 1060. The molecule has 0 unspecified atom stereocenters. The molecule has 7 nitrogen and oxygen atoms in total. The van der Waals surface area contributed by atoms with Crippen molar-refractivity contribution in [2.24, 2.45) is 0 Å². The third-order valence-corrected chi connectivity index (χ3v) is 4.16. The van der Waals surface area contributed by atoms with Crippen molar-refractivity contribution in [1.82, 2.24) is 19.6 Å². The number of aryl methyl sites for hydroxylation is 1. The molecule has 0 aliphatic carbocycles. The van der Waals surface area contributed by atoms with Crippen LogP contribution in [0.2, 0.25) is 5.15 Å². The fourth-order valence-corrected chi connectivity index (χ4v) is 2.84. The first-order valence-corrected chi connectivity index (χ1v) is 7.92. The monoisotopic (exact) mass is 356 g/mol. The van der Waals surface area contributed by atoms with Crippen molar-refractivity contribution in [1.29, 1.82) is 0 Å². The predicted octanol–water partition coefficient (Wildman–Crippen LogP) is 3.29. The molecule has 0 atom stereocenters. The Balaban J connectivity index is 1.70. The van der Waals surface area contributed by atoms with Gasteiger partial charge in [0.05, 0.1) is 24.2 Å². The van der Waals surface area contributed by atoms with Gasteiger partial charge in [0.2, 0.25) is 0 Å². The number of aromatic nitrogens is 4. The largest absolute Gasteiger partial charge is 0.459 e. The average Bonchev–Trinajstić information content (AvgIpc) is 3.32. The van der Waals surface area contributed by atoms with E-state index in [-0.39, 0.29) is 12.4 Å². The maximum absolute atomic E-state index is 12.1. The van der Waals surface area contributed by atoms with E-state index >= 15 is 0 Å². The standard InChI is InChI=1S/C17H13ClN4O3/c1-11-13(15(18)22(19-11)12-6-3-2-4-7-12)10-21-17(23)25-16(20-21)14-8-5-9-24-14/h2-9H,10H2,1H3. The molecule has 0 saturated heterocycles. The summed E-state index contributed by atoms with van der Waals surface area (Å²) >= 11 is 6.48. The fraction of sp³-hybridized carbons (Fsp3) is 0.118. The Kier molecular flexibility index (Phi) is 3.77. The van der Waals surface area contributed by atoms with Crippen LogP contribution in [0.1, 0.15) is 11.3 Å². The van der Waals surface area contributed by atoms with Crippen molar-refractivity contribution in [2.45, 2.75) is 13.5 Å². The van der Waals surface area contributed by atoms with Crippen LogP contribution in [0, 0.1) is 6.92 Å². The fourth-order valence-electron chi connectivity index (χ4n) is 2.51. The van der Waals surface area contributed by atoms with Crippen molar-refractivity contribution >= 4 is 11.6 Å². The summed E-state index contributed by atoms with van der Waals surface area (Å²) in [5.74, 6) is -0.0767. The lowest BCUT2D eigenvalue weighted by Gasteiger charge is -2.03. The van der Waals surface area contributed by atoms with Crippen molar-refractivity contribution < 1.29 is 8.83 Å². The molecule has 0 radical (unpaired) electrons. The number of hydrogen-bond acceptors (Lipinski definition) is 5. The van der Waals surface area contributed by atoms with Crippen LogP contribution in [-0.4, -0.2) is 19.6 Å². The summed E-state index contributed by atoms with van der Waals surface area (Å²) in [6, 6.07) is 12.9. The number of furan rings is 1. The van der Waals surface area contributed by atoms with E-state index in [0.717, 1.165) is 5.69 Å². The summed E-state index contributed by atoms with van der Waals surface area (Å²) in [5.41, 5.74) is 2.25. The molecule has 0 aliphatic heterocycles. The summed E-state index contributed by atoms with van der Waals surface area (Å²) in [5, 5.41) is 9.04. The molecular weight excluding hydrogens is 344 g/mol. The second kappa shape index (κ2) is 6.10. The molecule has 0 spiro atoms. The van der Waals surface area contributed by atoms with E-state index in [9.17, 15) is 4.79 Å². The van der Waals surface area contributed by atoms with Crippen molar-refractivity contribution in [2.75, 3.05) is 0 Å². The first kappa shape index (κ1) is 15.5. The molecule has 0 fully saturated rings. The summed E-state index contributed by atoms with van der Waals surface area (Å²) in [6.45, 7) is 1.99. The molecule has 8 heteroatoms. The van der Waals surface area contributed by atoms with Gasteiger partial charge in [-0.15, -0.1) is 5.10 Å². The second-order valence-corrected chi connectivity index (χ2v) is 5.77. The summed E-state index contributed by atoms with van der Waals surface area (Å²) in [4.78, 5) is 12.1. The number of hydrogen-bond donors (Lipinski definition) is 0. The minimum absolute atomic E-state index is 0.124. The van der Waals surface area contributed by atoms with Gasteiger partial charge in [-0.25, -0.2) is 9.48 Å². The van der Waals surface area contributed by atoms with E-state index in [1.165, 1.54) is 10.9 Å². The summed E-state index contributed by atoms with van der Waals surface area (Å²) in [6.07, 6.45) is 1.49. The molecule has 0 amide bonds. The van der Waals surface area contributed by atoms with Gasteiger partial charge in [0.15, 0.2) is 5.76 Å². The van der Waals surface area contributed by atoms with E-state index in [1.54, 1.807) is 16.8 Å². The van der Waals surface area contributed by atoms with Crippen LogP contribution >= 0.6 is 11.6 Å². The van der Waals surface area contributed by atoms with Crippen LogP contribution in [0.3, 0.4) is 0 Å². The number of halogens is 1. The van der Waals surface area contributed by atoms with Crippen molar-refractivity contribution in [3.05, 3.63) is 75.7 Å². The van der Waals surface area contributed by atoms with Gasteiger partial charge in [-0.1, -0.05) is 29.8 Å². The highest BCUT2D eigenvalue weighted by atomic mass is 35.5. The SMILES string of the molecule is Cc1nn(-c2ccccc2)c(Cl)c1Cn1nc(-c2ccco2)oc1=O. The van der Waals surface area contributed by atoms with Gasteiger partial charge in [-0.05, 0) is 31.2 Å². The lowest BCUT2D eigenvalue weighted by molar-refractivity contribution is 0.476. The normalized spacial score (nSPS) is 11.1. The topological polar surface area (TPSA) is 79.0 Å². The zero-order valence-corrected chi connectivity index (χ0v) is 14.0. The Morgan fingerprint density at radius 2 is 1.92 bits per heavy atom. The first-order chi connectivity index (χ1) is 12.1. The van der Waals surface area contributed by atoms with E-state index < -0.39 is 5.76 Å². The summed E-state index contributed by atoms with van der Waals surface area (Å²) in [7, 11) is 0. The number of benzene rings is 1. The molecule has 3 heterocycles. The highest BCUT2D eigenvalue weighted by Crippen LogP contribution is 2.24. The molecule has 1 aromatic carbocycles. The van der Waals surface area contributed by atoms with Gasteiger partial charge in [0, 0.05) is 5.56 Å². The lowest BCUT2D eigenvalue weighted by atomic mass is 10.2. The number of nitrogens with zero attached hydrogens (tertiary/aromatic N) is 4. The molecule has 0 aliphatic rings. The van der Waals surface area contributed by atoms with Crippen LogP contribution in [0.25, 0.3) is 17.3 Å². The van der Waals surface area contributed by atoms with Gasteiger partial charge in [-0.3, -0.25) is 0 Å². The first-order valence-electron chi connectivity index (χ1n) is 7.55. The average molecular weight is 357 g/mol. The zero-order valence-electron chi connectivity index (χ0n) is 13.2. The Labute approximate surface area is 147 Å². The molecule has 0 N–H and O–H groups in total.